The highest BCUT2D eigenvalue weighted by Crippen LogP contribution is 2.32. The van der Waals surface area contributed by atoms with Gasteiger partial charge in [-0.3, -0.25) is 0 Å². The van der Waals surface area contributed by atoms with E-state index in [1.807, 2.05) is 0 Å². The van der Waals surface area contributed by atoms with Crippen molar-refractivity contribution in [2.75, 3.05) is 7.11 Å². The lowest BCUT2D eigenvalue weighted by molar-refractivity contribution is -0.142. The first-order chi connectivity index (χ1) is 8.82. The fraction of sp³-hybridized carbons (Fsp3) is 0.250. The number of nitrogens with one attached hydrogen (secondary N) is 1. The summed E-state index contributed by atoms with van der Waals surface area (Å²) in [6.45, 7) is 0. The lowest BCUT2D eigenvalue weighted by Crippen LogP contribution is -2.22. The Morgan fingerprint density at radius 2 is 2.05 bits per heavy atom. The first kappa shape index (κ1) is 13.4. The molecule has 1 atom stereocenters. The number of hydrogen-bond acceptors (Lipinski definition) is 3. The van der Waals surface area contributed by atoms with Crippen LogP contribution in [0.5, 0.6) is 0 Å². The molecule has 102 valence electrons. The molecule has 0 saturated heterocycles. The zero-order chi connectivity index (χ0) is 14.2. The quantitative estimate of drug-likeness (QED) is 0.825. The summed E-state index contributed by atoms with van der Waals surface area (Å²) in [7, 11) is 1.19. The topological polar surface area (TPSA) is 68.1 Å². The number of nitrogens with two attached hydrogens (primary N) is 1. The summed E-state index contributed by atoms with van der Waals surface area (Å²) >= 11 is 0. The van der Waals surface area contributed by atoms with Crippen molar-refractivity contribution in [1.82, 2.24) is 4.98 Å². The number of esters is 1. The summed E-state index contributed by atoms with van der Waals surface area (Å²) in [5, 5.41) is 0.337. The molecule has 19 heavy (non-hydrogen) atoms. The molecule has 1 unspecified atom stereocenters. The zero-order valence-corrected chi connectivity index (χ0v) is 9.91. The number of alkyl halides is 3. The SMILES string of the molecule is COC(=O)C(N)c1cc2cc(C(F)(F)F)ccc2[nH]1. The molecule has 0 amide bonds. The summed E-state index contributed by atoms with van der Waals surface area (Å²) in [5.41, 5.74) is 5.64. The van der Waals surface area contributed by atoms with E-state index in [1.54, 1.807) is 0 Å². The minimum atomic E-state index is -4.41. The number of carbonyl (C=O) groups is 1. The highest BCUT2D eigenvalue weighted by molar-refractivity contribution is 5.84. The van der Waals surface area contributed by atoms with Crippen LogP contribution in [0.4, 0.5) is 13.2 Å². The van der Waals surface area contributed by atoms with Crippen LogP contribution in [-0.4, -0.2) is 18.1 Å². The molecule has 1 aromatic heterocycles. The van der Waals surface area contributed by atoms with Crippen molar-refractivity contribution >= 4 is 16.9 Å². The van der Waals surface area contributed by atoms with E-state index in [1.165, 1.54) is 19.2 Å². The first-order valence-electron chi connectivity index (χ1n) is 5.36. The van der Waals surface area contributed by atoms with Crippen molar-refractivity contribution in [3.05, 3.63) is 35.5 Å². The largest absolute Gasteiger partial charge is 0.468 e. The molecule has 1 heterocycles. The van der Waals surface area contributed by atoms with Gasteiger partial charge in [0.05, 0.1) is 12.7 Å². The third-order valence-electron chi connectivity index (χ3n) is 2.76. The minimum absolute atomic E-state index is 0.307. The molecule has 0 aliphatic rings. The molecule has 0 radical (unpaired) electrons. The summed E-state index contributed by atoms with van der Waals surface area (Å²) in [6, 6.07) is 3.62. The molecular weight excluding hydrogens is 261 g/mol. The Labute approximate surface area is 106 Å². The van der Waals surface area contributed by atoms with E-state index in [-0.39, 0.29) is 0 Å². The van der Waals surface area contributed by atoms with Gasteiger partial charge in [0, 0.05) is 16.6 Å². The van der Waals surface area contributed by atoms with Crippen molar-refractivity contribution in [1.29, 1.82) is 0 Å². The molecule has 1 aromatic carbocycles. The van der Waals surface area contributed by atoms with Gasteiger partial charge in [-0.2, -0.15) is 13.2 Å². The number of halogens is 3. The number of methoxy groups -OCH3 is 1. The Balaban J connectivity index is 2.44. The number of H-pyrrole nitrogens is 1. The number of rotatable bonds is 2. The Morgan fingerprint density at radius 1 is 1.37 bits per heavy atom. The summed E-state index contributed by atoms with van der Waals surface area (Å²) < 4.78 is 42.1. The van der Waals surface area contributed by atoms with Crippen LogP contribution in [0.1, 0.15) is 17.3 Å². The number of aromatic amines is 1. The second kappa shape index (κ2) is 4.58. The molecule has 2 rings (SSSR count). The smallest absolute Gasteiger partial charge is 0.416 e. The Hall–Kier alpha value is -2.02. The molecule has 7 heteroatoms. The molecule has 0 aliphatic carbocycles. The highest BCUT2D eigenvalue weighted by atomic mass is 19.4. The molecule has 0 spiro atoms. The maximum absolute atomic E-state index is 12.6. The molecule has 3 N–H and O–H groups in total. The summed E-state index contributed by atoms with van der Waals surface area (Å²) in [5.74, 6) is -0.664. The van der Waals surface area contributed by atoms with Crippen LogP contribution in [0.3, 0.4) is 0 Å². The lowest BCUT2D eigenvalue weighted by atomic mass is 10.1. The molecule has 4 nitrogen and oxygen atoms in total. The fourth-order valence-corrected chi connectivity index (χ4v) is 1.75. The summed E-state index contributed by atoms with van der Waals surface area (Å²) in [6.07, 6.45) is -4.41. The van der Waals surface area contributed by atoms with E-state index in [9.17, 15) is 18.0 Å². The zero-order valence-electron chi connectivity index (χ0n) is 9.91. The third-order valence-corrected chi connectivity index (χ3v) is 2.76. The van der Waals surface area contributed by atoms with E-state index in [2.05, 4.69) is 9.72 Å². The van der Waals surface area contributed by atoms with Gasteiger partial charge in [0.25, 0.3) is 0 Å². The van der Waals surface area contributed by atoms with E-state index >= 15 is 0 Å². The average Bonchev–Trinajstić information content (AvgIpc) is 2.78. The maximum atomic E-state index is 12.6. The van der Waals surface area contributed by atoms with Crippen LogP contribution in [0, 0.1) is 0 Å². The standard InChI is InChI=1S/C12H11F3N2O2/c1-19-11(18)10(16)9-5-6-4-7(12(13,14)15)2-3-8(6)17-9/h2-5,10,17H,16H2,1H3. The van der Waals surface area contributed by atoms with E-state index in [0.29, 0.717) is 16.6 Å². The van der Waals surface area contributed by atoms with Crippen molar-refractivity contribution in [3.8, 4) is 0 Å². The van der Waals surface area contributed by atoms with Crippen molar-refractivity contribution in [2.24, 2.45) is 5.73 Å². The van der Waals surface area contributed by atoms with Crippen LogP contribution in [0.15, 0.2) is 24.3 Å². The molecule has 0 aliphatic heterocycles. The molecular formula is C12H11F3N2O2. The normalized spacial score (nSPS) is 13.5. The summed E-state index contributed by atoms with van der Waals surface area (Å²) in [4.78, 5) is 14.1. The number of hydrogen-bond donors (Lipinski definition) is 2. The van der Waals surface area contributed by atoms with Gasteiger partial charge in [0.2, 0.25) is 0 Å². The minimum Gasteiger partial charge on any atom is -0.468 e. The number of benzene rings is 1. The van der Waals surface area contributed by atoms with E-state index in [0.717, 1.165) is 12.1 Å². The van der Waals surface area contributed by atoms with Crippen molar-refractivity contribution in [3.63, 3.8) is 0 Å². The van der Waals surface area contributed by atoms with Crippen LogP contribution in [-0.2, 0) is 15.7 Å². The number of carbonyl (C=O) groups excluding carboxylic acids is 1. The monoisotopic (exact) mass is 272 g/mol. The Morgan fingerprint density at radius 3 is 2.63 bits per heavy atom. The van der Waals surface area contributed by atoms with Gasteiger partial charge < -0.3 is 15.5 Å². The van der Waals surface area contributed by atoms with E-state index in [4.69, 9.17) is 5.73 Å². The van der Waals surface area contributed by atoms with Crippen LogP contribution in [0.25, 0.3) is 10.9 Å². The van der Waals surface area contributed by atoms with Gasteiger partial charge in [-0.15, -0.1) is 0 Å². The van der Waals surface area contributed by atoms with Gasteiger partial charge >= 0.3 is 12.1 Å². The Bertz CT molecular complexity index is 619. The predicted molar refractivity (Wildman–Crippen MR) is 62.2 cm³/mol. The third kappa shape index (κ3) is 2.55. The molecule has 0 fully saturated rings. The number of aromatic nitrogens is 1. The second-order valence-corrected chi connectivity index (χ2v) is 4.03. The number of ether oxygens (including phenoxy) is 1. The van der Waals surface area contributed by atoms with Crippen LogP contribution in [0.2, 0.25) is 0 Å². The number of fused-ring (bicyclic) bond motifs is 1. The molecule has 0 saturated carbocycles. The first-order valence-corrected chi connectivity index (χ1v) is 5.36. The van der Waals surface area contributed by atoms with Gasteiger partial charge in [0.15, 0.2) is 0 Å². The van der Waals surface area contributed by atoms with Crippen molar-refractivity contribution in [2.45, 2.75) is 12.2 Å². The van der Waals surface area contributed by atoms with E-state index < -0.39 is 23.8 Å². The lowest BCUT2D eigenvalue weighted by Gasteiger charge is -2.05. The predicted octanol–water partition coefficient (Wildman–Crippen LogP) is 2.36. The highest BCUT2D eigenvalue weighted by Gasteiger charge is 2.30. The van der Waals surface area contributed by atoms with Gasteiger partial charge in [0.1, 0.15) is 6.04 Å². The maximum Gasteiger partial charge on any atom is 0.416 e. The average molecular weight is 272 g/mol. The van der Waals surface area contributed by atoms with Crippen LogP contribution < -0.4 is 5.73 Å². The molecule has 0 bridgehead atoms. The fourth-order valence-electron chi connectivity index (χ4n) is 1.75. The van der Waals surface area contributed by atoms with Crippen molar-refractivity contribution < 1.29 is 22.7 Å². The van der Waals surface area contributed by atoms with Gasteiger partial charge in [-0.05, 0) is 24.3 Å². The van der Waals surface area contributed by atoms with Gasteiger partial charge in [-0.1, -0.05) is 0 Å². The Kier molecular flexibility index (Phi) is 3.23. The van der Waals surface area contributed by atoms with Gasteiger partial charge in [-0.25, -0.2) is 4.79 Å². The molecule has 2 aromatic rings. The van der Waals surface area contributed by atoms with Crippen LogP contribution >= 0.6 is 0 Å². The second-order valence-electron chi connectivity index (χ2n) is 4.03.